The molecular weight excluding hydrogens is 286 g/mol. The Hall–Kier alpha value is -3.26. The first-order valence-corrected chi connectivity index (χ1v) is 7.35. The van der Waals surface area contributed by atoms with E-state index in [1.807, 2.05) is 24.3 Å². The molecule has 0 unspecified atom stereocenters. The van der Waals surface area contributed by atoms with E-state index in [-0.39, 0.29) is 6.42 Å². The van der Waals surface area contributed by atoms with E-state index >= 15 is 0 Å². The van der Waals surface area contributed by atoms with Crippen molar-refractivity contribution in [2.45, 2.75) is 13.3 Å². The van der Waals surface area contributed by atoms with Crippen LogP contribution in [-0.4, -0.2) is 19.8 Å². The Labute approximate surface area is 132 Å². The predicted octanol–water partition coefficient (Wildman–Crippen LogP) is 3.32. The molecule has 5 heteroatoms. The van der Waals surface area contributed by atoms with Crippen LogP contribution in [0.3, 0.4) is 0 Å². The molecule has 2 aromatic carbocycles. The molecule has 0 aliphatic heterocycles. The zero-order chi connectivity index (χ0) is 15.8. The summed E-state index contributed by atoms with van der Waals surface area (Å²) in [6.45, 7) is 2.06. The predicted molar refractivity (Wildman–Crippen MR) is 87.8 cm³/mol. The smallest absolute Gasteiger partial charge is 0.185 e. The SMILES string of the molecule is Cc1ccc(-c2nn3c(CC#N)nnc3c3ccccc23)cc1. The van der Waals surface area contributed by atoms with E-state index in [9.17, 15) is 0 Å². The molecule has 23 heavy (non-hydrogen) atoms. The fourth-order valence-corrected chi connectivity index (χ4v) is 2.73. The van der Waals surface area contributed by atoms with Gasteiger partial charge in [0.05, 0.1) is 18.2 Å². The summed E-state index contributed by atoms with van der Waals surface area (Å²) < 4.78 is 1.68. The minimum Gasteiger partial charge on any atom is -0.198 e. The molecule has 0 saturated carbocycles. The van der Waals surface area contributed by atoms with Crippen LogP contribution >= 0.6 is 0 Å². The highest BCUT2D eigenvalue weighted by molar-refractivity contribution is 6.01. The van der Waals surface area contributed by atoms with Crippen molar-refractivity contribution in [2.24, 2.45) is 0 Å². The van der Waals surface area contributed by atoms with Crippen molar-refractivity contribution in [1.29, 1.82) is 5.26 Å². The summed E-state index contributed by atoms with van der Waals surface area (Å²) >= 11 is 0. The van der Waals surface area contributed by atoms with Gasteiger partial charge in [0.1, 0.15) is 0 Å². The van der Waals surface area contributed by atoms with Crippen molar-refractivity contribution in [3.8, 4) is 17.3 Å². The number of aryl methyl sites for hydroxylation is 1. The number of nitriles is 1. The van der Waals surface area contributed by atoms with Crippen molar-refractivity contribution in [3.63, 3.8) is 0 Å². The summed E-state index contributed by atoms with van der Waals surface area (Å²) in [5.41, 5.74) is 3.78. The molecule has 0 bridgehead atoms. The van der Waals surface area contributed by atoms with E-state index in [1.165, 1.54) is 5.56 Å². The molecule has 5 nitrogen and oxygen atoms in total. The van der Waals surface area contributed by atoms with Crippen LogP contribution in [0.2, 0.25) is 0 Å². The molecule has 0 amide bonds. The van der Waals surface area contributed by atoms with Crippen LogP contribution < -0.4 is 0 Å². The van der Waals surface area contributed by atoms with Crippen LogP contribution in [0, 0.1) is 18.3 Å². The van der Waals surface area contributed by atoms with Crippen LogP contribution in [0.15, 0.2) is 48.5 Å². The summed E-state index contributed by atoms with van der Waals surface area (Å²) in [7, 11) is 0. The highest BCUT2D eigenvalue weighted by Gasteiger charge is 2.14. The molecule has 110 valence electrons. The molecule has 2 aromatic heterocycles. The van der Waals surface area contributed by atoms with Gasteiger partial charge < -0.3 is 0 Å². The van der Waals surface area contributed by atoms with E-state index in [2.05, 4.69) is 47.5 Å². The lowest BCUT2D eigenvalue weighted by Crippen LogP contribution is -2.01. The molecule has 0 fully saturated rings. The summed E-state index contributed by atoms with van der Waals surface area (Å²) in [6, 6.07) is 18.4. The molecule has 0 N–H and O–H groups in total. The molecule has 0 aliphatic rings. The minimum absolute atomic E-state index is 0.180. The van der Waals surface area contributed by atoms with Crippen molar-refractivity contribution in [2.75, 3.05) is 0 Å². The Morgan fingerprint density at radius 2 is 1.74 bits per heavy atom. The third-order valence-corrected chi connectivity index (χ3v) is 3.89. The number of hydrogen-bond donors (Lipinski definition) is 0. The Morgan fingerprint density at radius 1 is 1.00 bits per heavy atom. The molecule has 0 spiro atoms. The van der Waals surface area contributed by atoms with E-state index < -0.39 is 0 Å². The lowest BCUT2D eigenvalue weighted by molar-refractivity contribution is 0.858. The van der Waals surface area contributed by atoms with E-state index in [4.69, 9.17) is 10.4 Å². The number of aromatic nitrogens is 4. The maximum Gasteiger partial charge on any atom is 0.185 e. The van der Waals surface area contributed by atoms with Crippen molar-refractivity contribution in [1.82, 2.24) is 19.8 Å². The topological polar surface area (TPSA) is 66.9 Å². The Kier molecular flexibility index (Phi) is 3.02. The van der Waals surface area contributed by atoms with Gasteiger partial charge in [-0.25, -0.2) is 0 Å². The van der Waals surface area contributed by atoms with Gasteiger partial charge in [0.15, 0.2) is 11.5 Å². The molecule has 4 rings (SSSR count). The second-order valence-corrected chi connectivity index (χ2v) is 5.45. The van der Waals surface area contributed by atoms with Gasteiger partial charge in [0.2, 0.25) is 0 Å². The van der Waals surface area contributed by atoms with Gasteiger partial charge >= 0.3 is 0 Å². The molecule has 0 saturated heterocycles. The second kappa shape index (κ2) is 5.18. The third-order valence-electron chi connectivity index (χ3n) is 3.89. The number of fused-ring (bicyclic) bond motifs is 3. The molecule has 0 atom stereocenters. The lowest BCUT2D eigenvalue weighted by Gasteiger charge is -2.08. The first-order chi connectivity index (χ1) is 11.3. The zero-order valence-electron chi connectivity index (χ0n) is 12.6. The molecule has 4 aromatic rings. The van der Waals surface area contributed by atoms with E-state index in [0.29, 0.717) is 11.5 Å². The minimum atomic E-state index is 0.180. The highest BCUT2D eigenvalue weighted by Crippen LogP contribution is 2.29. The van der Waals surface area contributed by atoms with Gasteiger partial charge in [-0.15, -0.1) is 10.2 Å². The second-order valence-electron chi connectivity index (χ2n) is 5.45. The normalized spacial score (nSPS) is 11.0. The molecular formula is C18H13N5. The monoisotopic (exact) mass is 299 g/mol. The summed E-state index contributed by atoms with van der Waals surface area (Å²) in [5.74, 6) is 0.557. The largest absolute Gasteiger partial charge is 0.198 e. The number of rotatable bonds is 2. The zero-order valence-corrected chi connectivity index (χ0v) is 12.6. The van der Waals surface area contributed by atoms with Crippen molar-refractivity contribution < 1.29 is 0 Å². The highest BCUT2D eigenvalue weighted by atomic mass is 15.4. The average molecular weight is 299 g/mol. The van der Waals surface area contributed by atoms with Crippen LogP contribution in [0.25, 0.3) is 27.7 Å². The first kappa shape index (κ1) is 13.4. The standard InChI is InChI=1S/C18H13N5/c1-12-6-8-13(9-7-12)17-14-4-2-3-5-15(14)18-21-20-16(10-11-19)23(18)22-17/h2-9H,10H2,1H3. The summed E-state index contributed by atoms with van der Waals surface area (Å²) in [4.78, 5) is 0. The molecule has 2 heterocycles. The van der Waals surface area contributed by atoms with Gasteiger partial charge in [-0.2, -0.15) is 14.9 Å². The lowest BCUT2D eigenvalue weighted by atomic mass is 10.0. The maximum absolute atomic E-state index is 8.97. The van der Waals surface area contributed by atoms with E-state index in [1.54, 1.807) is 4.52 Å². The van der Waals surface area contributed by atoms with Crippen LogP contribution in [0.4, 0.5) is 0 Å². The Morgan fingerprint density at radius 3 is 2.48 bits per heavy atom. The average Bonchev–Trinajstić information content (AvgIpc) is 2.99. The van der Waals surface area contributed by atoms with Gasteiger partial charge in [-0.3, -0.25) is 0 Å². The van der Waals surface area contributed by atoms with Crippen molar-refractivity contribution in [3.05, 3.63) is 59.9 Å². The van der Waals surface area contributed by atoms with Gasteiger partial charge in [0, 0.05) is 16.3 Å². The Balaban J connectivity index is 2.10. The quantitative estimate of drug-likeness (QED) is 0.569. The summed E-state index contributed by atoms with van der Waals surface area (Å²) in [5, 5.41) is 24.0. The molecule has 0 aliphatic carbocycles. The van der Waals surface area contributed by atoms with Gasteiger partial charge in [-0.1, -0.05) is 54.1 Å². The third kappa shape index (κ3) is 2.12. The Bertz CT molecular complexity index is 1050. The first-order valence-electron chi connectivity index (χ1n) is 7.35. The fourth-order valence-electron chi connectivity index (χ4n) is 2.73. The number of benzene rings is 2. The number of hydrogen-bond acceptors (Lipinski definition) is 4. The summed E-state index contributed by atoms with van der Waals surface area (Å²) in [6.07, 6.45) is 0.180. The maximum atomic E-state index is 8.97. The van der Waals surface area contributed by atoms with Gasteiger partial charge in [0.25, 0.3) is 0 Å². The van der Waals surface area contributed by atoms with Gasteiger partial charge in [-0.05, 0) is 6.92 Å². The number of nitrogens with zero attached hydrogens (tertiary/aromatic N) is 5. The van der Waals surface area contributed by atoms with Crippen LogP contribution in [0.1, 0.15) is 11.4 Å². The molecule has 0 radical (unpaired) electrons. The van der Waals surface area contributed by atoms with Crippen LogP contribution in [0.5, 0.6) is 0 Å². The van der Waals surface area contributed by atoms with E-state index in [0.717, 1.165) is 22.0 Å². The fraction of sp³-hybridized carbons (Fsp3) is 0.111. The van der Waals surface area contributed by atoms with Crippen LogP contribution in [-0.2, 0) is 6.42 Å². The van der Waals surface area contributed by atoms with Crippen molar-refractivity contribution >= 4 is 16.4 Å².